The minimum Gasteiger partial charge on any atom is -0.341 e. The summed E-state index contributed by atoms with van der Waals surface area (Å²) in [5, 5.41) is 3.14. The Labute approximate surface area is 170 Å². The number of benzene rings is 1. The number of halogens is 4. The van der Waals surface area contributed by atoms with Crippen molar-refractivity contribution < 1.29 is 26.4 Å². The minimum atomic E-state index is -4.79. The summed E-state index contributed by atoms with van der Waals surface area (Å²) in [6, 6.07) is 2.25. The number of rotatable bonds is 4. The molecule has 156 valence electrons. The Morgan fingerprint density at radius 3 is 2.46 bits per heavy atom. The van der Waals surface area contributed by atoms with Gasteiger partial charge in [0.1, 0.15) is 0 Å². The van der Waals surface area contributed by atoms with E-state index in [4.69, 9.17) is 0 Å². The molecule has 2 saturated heterocycles. The van der Waals surface area contributed by atoms with Crippen molar-refractivity contribution in [3.8, 4) is 0 Å². The van der Waals surface area contributed by atoms with Crippen molar-refractivity contribution in [3.63, 3.8) is 0 Å². The number of hydrogen-bond donors (Lipinski definition) is 2. The van der Waals surface area contributed by atoms with Gasteiger partial charge in [0, 0.05) is 23.6 Å². The van der Waals surface area contributed by atoms with E-state index >= 15 is 0 Å². The molecule has 1 amide bonds. The Balaban J connectivity index is 1.67. The molecular weight excluding hydrogens is 463 g/mol. The summed E-state index contributed by atoms with van der Waals surface area (Å²) < 4.78 is 67.5. The normalized spacial score (nSPS) is 21.9. The fraction of sp³-hybridized carbons (Fsp3) is 0.588. The molecule has 2 fully saturated rings. The van der Waals surface area contributed by atoms with Crippen LogP contribution < -0.4 is 10.0 Å². The average Bonchev–Trinajstić information content (AvgIpc) is 3.15. The number of sulfonamides is 1. The van der Waals surface area contributed by atoms with Gasteiger partial charge in [-0.2, -0.15) is 13.2 Å². The number of piperidine rings is 1. The molecule has 11 heteroatoms. The molecule has 0 aliphatic carbocycles. The van der Waals surface area contributed by atoms with Gasteiger partial charge in [-0.05, 0) is 50.4 Å². The number of carbonyl (C=O) groups excluding carboxylic acids is 1. The number of amides is 1. The Morgan fingerprint density at radius 1 is 1.21 bits per heavy atom. The molecule has 0 aromatic heterocycles. The molecule has 0 saturated carbocycles. The molecule has 0 radical (unpaired) electrons. The summed E-state index contributed by atoms with van der Waals surface area (Å²) in [5.74, 6) is 0.00562. The highest BCUT2D eigenvalue weighted by atomic mass is 79.9. The van der Waals surface area contributed by atoms with E-state index in [2.05, 4.69) is 26.0 Å². The van der Waals surface area contributed by atoms with Gasteiger partial charge >= 0.3 is 6.18 Å². The maximum absolute atomic E-state index is 13.3. The number of alkyl halides is 3. The standard InChI is InChI=1S/C17H21BrF3N3O3S/c18-11-3-4-15(13(10-11)17(19,20)21)28(26,27)23-12-5-8-24(9-6-12)16(25)14-2-1-7-22-14/h3-4,10,12,14,22-23H,1-2,5-9H2/t14-/m0/s1. The van der Waals surface area contributed by atoms with Crippen LogP contribution in [0, 0.1) is 0 Å². The van der Waals surface area contributed by atoms with Crippen molar-refractivity contribution in [2.24, 2.45) is 0 Å². The highest BCUT2D eigenvalue weighted by Gasteiger charge is 2.38. The lowest BCUT2D eigenvalue weighted by molar-refractivity contribution is -0.140. The Kier molecular flexibility index (Phi) is 6.38. The SMILES string of the molecule is O=C([C@@H]1CCCN1)N1CCC(NS(=O)(=O)c2ccc(Br)cc2C(F)(F)F)CC1. The quantitative estimate of drug-likeness (QED) is 0.689. The van der Waals surface area contributed by atoms with Crippen LogP contribution in [-0.2, 0) is 21.0 Å². The van der Waals surface area contributed by atoms with Crippen molar-refractivity contribution in [2.45, 2.75) is 48.8 Å². The van der Waals surface area contributed by atoms with E-state index in [9.17, 15) is 26.4 Å². The fourth-order valence-corrected chi connectivity index (χ4v) is 5.45. The predicted octanol–water partition coefficient (Wildman–Crippen LogP) is 2.49. The van der Waals surface area contributed by atoms with Gasteiger partial charge in [0.25, 0.3) is 0 Å². The van der Waals surface area contributed by atoms with E-state index in [0.717, 1.165) is 31.5 Å². The van der Waals surface area contributed by atoms with Gasteiger partial charge in [0.05, 0.1) is 16.5 Å². The lowest BCUT2D eigenvalue weighted by Gasteiger charge is -2.33. The largest absolute Gasteiger partial charge is 0.417 e. The summed E-state index contributed by atoms with van der Waals surface area (Å²) in [7, 11) is -4.35. The van der Waals surface area contributed by atoms with E-state index in [0.29, 0.717) is 25.9 Å². The summed E-state index contributed by atoms with van der Waals surface area (Å²) in [6.07, 6.45) is -2.35. The number of carbonyl (C=O) groups is 1. The molecule has 0 spiro atoms. The topological polar surface area (TPSA) is 78.5 Å². The summed E-state index contributed by atoms with van der Waals surface area (Å²) in [6.45, 7) is 1.55. The molecule has 0 unspecified atom stereocenters. The lowest BCUT2D eigenvalue weighted by Crippen LogP contribution is -2.50. The van der Waals surface area contributed by atoms with Crippen molar-refractivity contribution in [1.29, 1.82) is 0 Å². The molecule has 28 heavy (non-hydrogen) atoms. The van der Waals surface area contributed by atoms with Crippen molar-refractivity contribution in [3.05, 3.63) is 28.2 Å². The van der Waals surface area contributed by atoms with Crippen LogP contribution in [0.2, 0.25) is 0 Å². The third-order valence-corrected chi connectivity index (χ3v) is 7.10. The van der Waals surface area contributed by atoms with E-state index in [1.807, 2.05) is 0 Å². The van der Waals surface area contributed by atoms with Crippen LogP contribution in [0.25, 0.3) is 0 Å². The van der Waals surface area contributed by atoms with Gasteiger partial charge in [-0.1, -0.05) is 15.9 Å². The van der Waals surface area contributed by atoms with Gasteiger partial charge in [-0.25, -0.2) is 13.1 Å². The van der Waals surface area contributed by atoms with Gasteiger partial charge in [-0.3, -0.25) is 4.79 Å². The van der Waals surface area contributed by atoms with Crippen LogP contribution >= 0.6 is 15.9 Å². The van der Waals surface area contributed by atoms with Crippen LogP contribution in [0.3, 0.4) is 0 Å². The molecule has 2 N–H and O–H groups in total. The molecule has 3 rings (SSSR count). The second-order valence-corrected chi connectivity index (χ2v) is 9.61. The first-order valence-corrected chi connectivity index (χ1v) is 11.3. The Bertz CT molecular complexity index is 834. The first-order chi connectivity index (χ1) is 13.1. The number of hydrogen-bond acceptors (Lipinski definition) is 4. The second kappa shape index (κ2) is 8.29. The number of nitrogens with one attached hydrogen (secondary N) is 2. The van der Waals surface area contributed by atoms with Crippen molar-refractivity contribution in [2.75, 3.05) is 19.6 Å². The zero-order valence-electron chi connectivity index (χ0n) is 14.9. The third kappa shape index (κ3) is 4.87. The van der Waals surface area contributed by atoms with Gasteiger partial charge < -0.3 is 10.2 Å². The van der Waals surface area contributed by atoms with E-state index in [1.165, 1.54) is 6.07 Å². The second-order valence-electron chi connectivity index (χ2n) is 7.01. The zero-order valence-corrected chi connectivity index (χ0v) is 17.3. The molecule has 2 heterocycles. The molecule has 1 atom stereocenters. The predicted molar refractivity (Wildman–Crippen MR) is 100 cm³/mol. The first-order valence-electron chi connectivity index (χ1n) is 8.99. The summed E-state index contributed by atoms with van der Waals surface area (Å²) in [5.41, 5.74) is -1.21. The summed E-state index contributed by atoms with van der Waals surface area (Å²) in [4.78, 5) is 13.3. The maximum Gasteiger partial charge on any atom is 0.417 e. The van der Waals surface area contributed by atoms with Crippen LogP contribution in [0.1, 0.15) is 31.2 Å². The van der Waals surface area contributed by atoms with Crippen molar-refractivity contribution in [1.82, 2.24) is 14.9 Å². The first kappa shape index (κ1) is 21.5. The molecule has 6 nitrogen and oxygen atoms in total. The van der Waals surface area contributed by atoms with E-state index in [-0.39, 0.29) is 16.4 Å². The van der Waals surface area contributed by atoms with Gasteiger partial charge in [-0.15, -0.1) is 0 Å². The smallest absolute Gasteiger partial charge is 0.341 e. The van der Waals surface area contributed by atoms with E-state index in [1.54, 1.807) is 4.90 Å². The lowest BCUT2D eigenvalue weighted by atomic mass is 10.0. The highest BCUT2D eigenvalue weighted by Crippen LogP contribution is 2.36. The Hall–Kier alpha value is -1.17. The fourth-order valence-electron chi connectivity index (χ4n) is 3.57. The number of nitrogens with zero attached hydrogens (tertiary/aromatic N) is 1. The van der Waals surface area contributed by atoms with E-state index < -0.39 is 32.7 Å². The molecular formula is C17H21BrF3N3O3S. The van der Waals surface area contributed by atoms with Gasteiger partial charge in [0.2, 0.25) is 15.9 Å². The van der Waals surface area contributed by atoms with Crippen LogP contribution in [0.15, 0.2) is 27.6 Å². The molecule has 2 aliphatic rings. The highest BCUT2D eigenvalue weighted by molar-refractivity contribution is 9.10. The average molecular weight is 484 g/mol. The Morgan fingerprint density at radius 2 is 1.89 bits per heavy atom. The van der Waals surface area contributed by atoms with Crippen LogP contribution in [0.5, 0.6) is 0 Å². The zero-order chi connectivity index (χ0) is 20.5. The summed E-state index contributed by atoms with van der Waals surface area (Å²) >= 11 is 2.94. The van der Waals surface area contributed by atoms with Crippen LogP contribution in [0.4, 0.5) is 13.2 Å². The molecule has 1 aromatic rings. The maximum atomic E-state index is 13.3. The van der Waals surface area contributed by atoms with Gasteiger partial charge in [0.15, 0.2) is 0 Å². The number of likely N-dealkylation sites (tertiary alicyclic amines) is 1. The molecule has 2 aliphatic heterocycles. The molecule has 0 bridgehead atoms. The third-order valence-electron chi connectivity index (χ3n) is 5.02. The monoisotopic (exact) mass is 483 g/mol. The molecule has 1 aromatic carbocycles. The minimum absolute atomic E-state index is 0.00562. The van der Waals surface area contributed by atoms with Crippen LogP contribution in [-0.4, -0.2) is 50.9 Å². The van der Waals surface area contributed by atoms with Crippen molar-refractivity contribution >= 4 is 31.9 Å².